The molecule has 6 nitrogen and oxygen atoms in total. The monoisotopic (exact) mass is 326 g/mol. The van der Waals surface area contributed by atoms with Gasteiger partial charge in [0.2, 0.25) is 0 Å². The van der Waals surface area contributed by atoms with Gasteiger partial charge in [-0.3, -0.25) is 0 Å². The maximum atomic E-state index is 6.22. The smallest absolute Gasteiger partial charge is 0.159 e. The zero-order valence-electron chi connectivity index (χ0n) is 14.3. The Morgan fingerprint density at radius 1 is 1.04 bits per heavy atom. The van der Waals surface area contributed by atoms with Crippen molar-refractivity contribution >= 4 is 23.0 Å². The lowest BCUT2D eigenvalue weighted by molar-refractivity contribution is 0.237. The molecule has 1 aliphatic rings. The molecule has 1 aliphatic heterocycles. The number of benzene rings is 1. The van der Waals surface area contributed by atoms with Crippen LogP contribution in [0.15, 0.2) is 30.6 Å². The van der Waals surface area contributed by atoms with Crippen molar-refractivity contribution in [2.75, 3.05) is 42.5 Å². The number of nitrogens with one attached hydrogen (secondary N) is 2. The van der Waals surface area contributed by atoms with E-state index in [4.69, 9.17) is 5.73 Å². The second kappa shape index (κ2) is 7.97. The van der Waals surface area contributed by atoms with Crippen molar-refractivity contribution in [1.82, 2.24) is 14.9 Å². The highest BCUT2D eigenvalue weighted by molar-refractivity contribution is 5.77. The Hall–Kier alpha value is -2.34. The lowest BCUT2D eigenvalue weighted by atomic mass is 10.1. The summed E-state index contributed by atoms with van der Waals surface area (Å²) < 4.78 is 0. The average Bonchev–Trinajstić information content (AvgIpc) is 2.61. The molecule has 1 aromatic heterocycles. The third-order valence-electron chi connectivity index (χ3n) is 4.37. The van der Waals surface area contributed by atoms with Gasteiger partial charge in [0.1, 0.15) is 12.0 Å². The van der Waals surface area contributed by atoms with Crippen molar-refractivity contribution in [3.05, 3.63) is 36.2 Å². The fourth-order valence-electron chi connectivity index (χ4n) is 2.93. The fourth-order valence-corrected chi connectivity index (χ4v) is 2.93. The summed E-state index contributed by atoms with van der Waals surface area (Å²) in [6, 6.07) is 8.13. The Kier molecular flexibility index (Phi) is 5.48. The maximum absolute atomic E-state index is 6.22. The van der Waals surface area contributed by atoms with Crippen molar-refractivity contribution in [2.45, 2.75) is 26.2 Å². The van der Waals surface area contributed by atoms with Crippen molar-refractivity contribution in [1.29, 1.82) is 0 Å². The summed E-state index contributed by atoms with van der Waals surface area (Å²) in [4.78, 5) is 11.0. The summed E-state index contributed by atoms with van der Waals surface area (Å²) in [6.45, 7) is 6.31. The van der Waals surface area contributed by atoms with E-state index in [1.165, 1.54) is 44.2 Å². The van der Waals surface area contributed by atoms with Crippen LogP contribution < -0.4 is 16.4 Å². The minimum Gasteiger partial charge on any atom is -0.393 e. The standard InChI is InChI=1S/C18H26N6/c1-14-5-7-15(8-6-14)23-18-16(19)17(21-13-22-18)20-9-12-24-10-3-2-4-11-24/h5-8,13H,2-4,9-12,19H2,1H3,(H2,20,21,22,23). The van der Waals surface area contributed by atoms with E-state index in [1.807, 2.05) is 12.1 Å². The molecule has 2 aromatic rings. The number of aromatic nitrogens is 2. The second-order valence-electron chi connectivity index (χ2n) is 6.30. The highest BCUT2D eigenvalue weighted by Gasteiger charge is 2.11. The van der Waals surface area contributed by atoms with Crippen LogP contribution in [0.25, 0.3) is 0 Å². The third-order valence-corrected chi connectivity index (χ3v) is 4.37. The van der Waals surface area contributed by atoms with E-state index in [1.54, 1.807) is 0 Å². The van der Waals surface area contributed by atoms with Gasteiger partial charge >= 0.3 is 0 Å². The van der Waals surface area contributed by atoms with E-state index in [9.17, 15) is 0 Å². The molecule has 0 atom stereocenters. The molecule has 0 bridgehead atoms. The lowest BCUT2D eigenvalue weighted by Crippen LogP contribution is -2.33. The average molecular weight is 326 g/mol. The van der Waals surface area contributed by atoms with Crippen LogP contribution >= 0.6 is 0 Å². The van der Waals surface area contributed by atoms with Gasteiger partial charge in [0, 0.05) is 18.8 Å². The summed E-state index contributed by atoms with van der Waals surface area (Å²) in [6.07, 6.45) is 5.51. The van der Waals surface area contributed by atoms with Crippen LogP contribution in [0.3, 0.4) is 0 Å². The van der Waals surface area contributed by atoms with Crippen LogP contribution in [0.5, 0.6) is 0 Å². The van der Waals surface area contributed by atoms with E-state index in [-0.39, 0.29) is 0 Å². The minimum absolute atomic E-state index is 0.553. The fraction of sp³-hybridized carbons (Fsp3) is 0.444. The zero-order chi connectivity index (χ0) is 16.8. The first-order valence-electron chi connectivity index (χ1n) is 8.63. The molecule has 0 amide bonds. The molecule has 2 heterocycles. The number of hydrogen-bond donors (Lipinski definition) is 3. The van der Waals surface area contributed by atoms with Crippen LogP contribution in [0.2, 0.25) is 0 Å². The molecule has 1 aromatic carbocycles. The quantitative estimate of drug-likeness (QED) is 0.757. The minimum atomic E-state index is 0.553. The van der Waals surface area contributed by atoms with E-state index in [0.717, 1.165) is 18.8 Å². The SMILES string of the molecule is Cc1ccc(Nc2ncnc(NCCN3CCCCC3)c2N)cc1. The molecular weight excluding hydrogens is 300 g/mol. The molecule has 0 aliphatic carbocycles. The van der Waals surface area contributed by atoms with Crippen LogP contribution in [0.4, 0.5) is 23.0 Å². The largest absolute Gasteiger partial charge is 0.393 e. The molecule has 6 heteroatoms. The second-order valence-corrected chi connectivity index (χ2v) is 6.30. The van der Waals surface area contributed by atoms with E-state index >= 15 is 0 Å². The Morgan fingerprint density at radius 3 is 2.50 bits per heavy atom. The van der Waals surface area contributed by atoms with E-state index < -0.39 is 0 Å². The number of nitrogens with two attached hydrogens (primary N) is 1. The Labute approximate surface area is 143 Å². The summed E-state index contributed by atoms with van der Waals surface area (Å²) in [7, 11) is 0. The molecule has 128 valence electrons. The number of anilines is 4. The number of rotatable bonds is 6. The van der Waals surface area contributed by atoms with Crippen molar-refractivity contribution in [3.8, 4) is 0 Å². The Bertz CT molecular complexity index is 649. The van der Waals surface area contributed by atoms with Gasteiger partial charge in [-0.05, 0) is 45.0 Å². The summed E-state index contributed by atoms with van der Waals surface area (Å²) in [5, 5.41) is 6.59. The first-order valence-corrected chi connectivity index (χ1v) is 8.63. The highest BCUT2D eigenvalue weighted by Crippen LogP contribution is 2.25. The number of hydrogen-bond acceptors (Lipinski definition) is 6. The first-order chi connectivity index (χ1) is 11.7. The van der Waals surface area contributed by atoms with Gasteiger partial charge < -0.3 is 21.3 Å². The van der Waals surface area contributed by atoms with Crippen LogP contribution in [0, 0.1) is 6.92 Å². The maximum Gasteiger partial charge on any atom is 0.159 e. The molecule has 4 N–H and O–H groups in total. The predicted octanol–water partition coefficient (Wildman–Crippen LogP) is 3.01. The van der Waals surface area contributed by atoms with Gasteiger partial charge in [0.25, 0.3) is 0 Å². The van der Waals surface area contributed by atoms with E-state index in [0.29, 0.717) is 17.3 Å². The number of nitrogen functional groups attached to an aromatic ring is 1. The Balaban J connectivity index is 1.59. The van der Waals surface area contributed by atoms with Crippen molar-refractivity contribution in [3.63, 3.8) is 0 Å². The molecule has 0 unspecified atom stereocenters. The van der Waals surface area contributed by atoms with E-state index in [2.05, 4.69) is 44.6 Å². The zero-order valence-corrected chi connectivity index (χ0v) is 14.3. The van der Waals surface area contributed by atoms with Crippen LogP contribution in [-0.2, 0) is 0 Å². The molecule has 1 fully saturated rings. The molecular formula is C18H26N6. The van der Waals surface area contributed by atoms with Crippen molar-refractivity contribution in [2.24, 2.45) is 0 Å². The number of nitrogens with zero attached hydrogens (tertiary/aromatic N) is 3. The van der Waals surface area contributed by atoms with Crippen LogP contribution in [0.1, 0.15) is 24.8 Å². The first kappa shape index (κ1) is 16.5. The van der Waals surface area contributed by atoms with Crippen LogP contribution in [-0.4, -0.2) is 41.0 Å². The normalized spacial score (nSPS) is 15.2. The summed E-state index contributed by atoms with van der Waals surface area (Å²) in [5.74, 6) is 1.32. The topological polar surface area (TPSA) is 79.1 Å². The van der Waals surface area contributed by atoms with Gasteiger partial charge in [-0.25, -0.2) is 9.97 Å². The molecule has 1 saturated heterocycles. The summed E-state index contributed by atoms with van der Waals surface area (Å²) in [5.41, 5.74) is 8.95. The lowest BCUT2D eigenvalue weighted by Gasteiger charge is -2.26. The van der Waals surface area contributed by atoms with Gasteiger partial charge in [-0.1, -0.05) is 24.1 Å². The van der Waals surface area contributed by atoms with Gasteiger partial charge in [0.05, 0.1) is 0 Å². The molecule has 0 spiro atoms. The number of likely N-dealkylation sites (tertiary alicyclic amines) is 1. The van der Waals surface area contributed by atoms with Crippen molar-refractivity contribution < 1.29 is 0 Å². The molecule has 0 saturated carbocycles. The number of piperidine rings is 1. The molecule has 24 heavy (non-hydrogen) atoms. The highest BCUT2D eigenvalue weighted by atomic mass is 15.2. The molecule has 0 radical (unpaired) electrons. The molecule has 3 rings (SSSR count). The summed E-state index contributed by atoms with van der Waals surface area (Å²) >= 11 is 0. The van der Waals surface area contributed by atoms with Gasteiger partial charge in [-0.2, -0.15) is 0 Å². The number of aryl methyl sites for hydroxylation is 1. The predicted molar refractivity (Wildman–Crippen MR) is 99.7 cm³/mol. The van der Waals surface area contributed by atoms with Gasteiger partial charge in [-0.15, -0.1) is 0 Å². The van der Waals surface area contributed by atoms with Gasteiger partial charge in [0.15, 0.2) is 11.6 Å². The third kappa shape index (κ3) is 4.35. The Morgan fingerprint density at radius 2 is 1.75 bits per heavy atom.